The summed E-state index contributed by atoms with van der Waals surface area (Å²) in [7, 11) is 0. The monoisotopic (exact) mass is 431 g/mol. The molecule has 0 saturated carbocycles. The first kappa shape index (κ1) is 21.6. The highest BCUT2D eigenvalue weighted by atomic mass is 35.5. The molecule has 2 aromatic heterocycles. The fraction of sp³-hybridized carbons (Fsp3) is 0.333. The summed E-state index contributed by atoms with van der Waals surface area (Å²) in [5, 5.41) is 3.52. The number of hydrogen-bond acceptors (Lipinski definition) is 6. The number of carbonyl (C=O) groups excluding carboxylic acids is 2. The summed E-state index contributed by atoms with van der Waals surface area (Å²) in [6.07, 6.45) is 1.89. The lowest BCUT2D eigenvalue weighted by Crippen LogP contribution is -2.34. The molecule has 9 heteroatoms. The molecule has 158 valence electrons. The van der Waals surface area contributed by atoms with Crippen LogP contribution < -0.4 is 10.9 Å². The number of aryl methyl sites for hydroxylation is 1. The van der Waals surface area contributed by atoms with Gasteiger partial charge in [0.1, 0.15) is 29.6 Å². The molecule has 1 N–H and O–H groups in total. The van der Waals surface area contributed by atoms with E-state index in [0.717, 1.165) is 10.1 Å². The number of nitrogens with zero attached hydrogens (tertiary/aromatic N) is 2. The van der Waals surface area contributed by atoms with E-state index >= 15 is 0 Å². The van der Waals surface area contributed by atoms with Gasteiger partial charge in [0.15, 0.2) is 0 Å². The van der Waals surface area contributed by atoms with Crippen LogP contribution in [-0.2, 0) is 16.1 Å². The van der Waals surface area contributed by atoms with E-state index in [1.165, 1.54) is 6.33 Å². The van der Waals surface area contributed by atoms with Gasteiger partial charge >= 0.3 is 5.97 Å². The number of benzene rings is 1. The fourth-order valence-corrected chi connectivity index (χ4v) is 3.34. The maximum atomic E-state index is 12.9. The van der Waals surface area contributed by atoms with E-state index in [0.29, 0.717) is 11.4 Å². The minimum Gasteiger partial charge on any atom is -0.462 e. The van der Waals surface area contributed by atoms with Crippen molar-refractivity contribution in [3.05, 3.63) is 62.9 Å². The van der Waals surface area contributed by atoms with Crippen LogP contribution in [-0.4, -0.2) is 28.0 Å². The molecule has 3 rings (SSSR count). The van der Waals surface area contributed by atoms with E-state index < -0.39 is 11.5 Å². The molecular formula is C21H22ClN3O5. The molecule has 2 heterocycles. The van der Waals surface area contributed by atoms with Gasteiger partial charge in [-0.2, -0.15) is 0 Å². The first-order valence-electron chi connectivity index (χ1n) is 9.56. The zero-order valence-corrected chi connectivity index (χ0v) is 17.7. The van der Waals surface area contributed by atoms with Crippen LogP contribution in [0, 0.1) is 6.92 Å². The van der Waals surface area contributed by atoms with E-state index in [1.54, 1.807) is 26.0 Å². The van der Waals surface area contributed by atoms with Crippen LogP contribution in [0.5, 0.6) is 0 Å². The number of nitrogens with one attached hydrogen (secondary N) is 1. The van der Waals surface area contributed by atoms with Crippen LogP contribution in [0.25, 0.3) is 11.1 Å². The first-order chi connectivity index (χ1) is 14.3. The molecule has 1 amide bonds. The van der Waals surface area contributed by atoms with Crippen molar-refractivity contribution < 1.29 is 18.7 Å². The number of ether oxygens (including phenoxy) is 1. The van der Waals surface area contributed by atoms with E-state index in [4.69, 9.17) is 20.8 Å². The second-order valence-corrected chi connectivity index (χ2v) is 7.13. The minimum absolute atomic E-state index is 0.00555. The van der Waals surface area contributed by atoms with Gasteiger partial charge in [0.25, 0.3) is 5.56 Å². The van der Waals surface area contributed by atoms with E-state index in [1.807, 2.05) is 19.1 Å². The van der Waals surface area contributed by atoms with Crippen molar-refractivity contribution in [1.82, 2.24) is 14.9 Å². The number of amides is 1. The van der Waals surface area contributed by atoms with Crippen molar-refractivity contribution in [3.63, 3.8) is 0 Å². The maximum Gasteiger partial charge on any atom is 0.342 e. The Labute approximate surface area is 177 Å². The van der Waals surface area contributed by atoms with Gasteiger partial charge in [-0.15, -0.1) is 0 Å². The molecule has 30 heavy (non-hydrogen) atoms. The van der Waals surface area contributed by atoms with E-state index in [9.17, 15) is 14.4 Å². The third kappa shape index (κ3) is 4.38. The van der Waals surface area contributed by atoms with Gasteiger partial charge in [0.2, 0.25) is 11.6 Å². The van der Waals surface area contributed by atoms with Gasteiger partial charge < -0.3 is 14.5 Å². The summed E-state index contributed by atoms with van der Waals surface area (Å²) in [4.78, 5) is 41.9. The van der Waals surface area contributed by atoms with Crippen molar-refractivity contribution in [1.29, 1.82) is 0 Å². The average Bonchev–Trinajstić information content (AvgIpc) is 3.06. The highest BCUT2D eigenvalue weighted by Crippen LogP contribution is 2.22. The summed E-state index contributed by atoms with van der Waals surface area (Å²) >= 11 is 5.92. The highest BCUT2D eigenvalue weighted by molar-refractivity contribution is 6.30. The topological polar surface area (TPSA) is 103 Å². The normalized spacial score (nSPS) is 12.0. The second kappa shape index (κ2) is 9.13. The number of halogens is 1. The van der Waals surface area contributed by atoms with Crippen molar-refractivity contribution in [2.24, 2.45) is 0 Å². The van der Waals surface area contributed by atoms with Crippen LogP contribution in [0.4, 0.5) is 0 Å². The zero-order chi connectivity index (χ0) is 21.8. The number of furan rings is 1. The Kier molecular flexibility index (Phi) is 6.56. The van der Waals surface area contributed by atoms with Crippen molar-refractivity contribution in [2.45, 2.75) is 39.8 Å². The van der Waals surface area contributed by atoms with Crippen molar-refractivity contribution in [2.75, 3.05) is 6.61 Å². The summed E-state index contributed by atoms with van der Waals surface area (Å²) in [6, 6.07) is 6.97. The quantitative estimate of drug-likeness (QED) is 0.575. The van der Waals surface area contributed by atoms with E-state index in [-0.39, 0.29) is 47.5 Å². The number of fused-ring (bicyclic) bond motifs is 1. The fourth-order valence-electron chi connectivity index (χ4n) is 3.21. The molecule has 0 radical (unpaired) electrons. The molecule has 0 bridgehead atoms. The zero-order valence-electron chi connectivity index (χ0n) is 16.9. The van der Waals surface area contributed by atoms with Gasteiger partial charge in [-0.05, 0) is 38.0 Å². The smallest absolute Gasteiger partial charge is 0.342 e. The molecular weight excluding hydrogens is 410 g/mol. The lowest BCUT2D eigenvalue weighted by atomic mass is 10.0. The SMILES string of the molecule is CCOC(=O)c1c(C)oc2ncn(CC(=O)NC(CC)c3ccc(Cl)cc3)c(=O)c12. The van der Waals surface area contributed by atoms with Crippen LogP contribution in [0.15, 0.2) is 39.8 Å². The van der Waals surface area contributed by atoms with Gasteiger partial charge in [-0.3, -0.25) is 14.2 Å². The number of hydrogen-bond donors (Lipinski definition) is 1. The molecule has 8 nitrogen and oxygen atoms in total. The Morgan fingerprint density at radius 3 is 2.60 bits per heavy atom. The van der Waals surface area contributed by atoms with Crippen molar-refractivity contribution >= 4 is 34.6 Å². The predicted octanol–water partition coefficient (Wildman–Crippen LogP) is 3.40. The van der Waals surface area contributed by atoms with Gasteiger partial charge in [0.05, 0.1) is 12.6 Å². The summed E-state index contributed by atoms with van der Waals surface area (Å²) in [5.74, 6) is -0.786. The maximum absolute atomic E-state index is 12.9. The first-order valence-corrected chi connectivity index (χ1v) is 9.93. The largest absolute Gasteiger partial charge is 0.462 e. The Bertz CT molecular complexity index is 1130. The molecule has 0 saturated heterocycles. The summed E-state index contributed by atoms with van der Waals surface area (Å²) in [5.41, 5.74) is 0.428. The minimum atomic E-state index is -0.663. The summed E-state index contributed by atoms with van der Waals surface area (Å²) in [6.45, 7) is 5.08. The number of rotatable bonds is 7. The Balaban J connectivity index is 1.86. The third-order valence-corrected chi connectivity index (χ3v) is 4.92. The number of esters is 1. The lowest BCUT2D eigenvalue weighted by molar-refractivity contribution is -0.122. The van der Waals surface area contributed by atoms with Crippen LogP contribution in [0.1, 0.15) is 48.0 Å². The Morgan fingerprint density at radius 2 is 1.97 bits per heavy atom. The molecule has 0 aliphatic heterocycles. The molecule has 0 spiro atoms. The van der Waals surface area contributed by atoms with E-state index in [2.05, 4.69) is 10.3 Å². The van der Waals surface area contributed by atoms with Gasteiger partial charge in [0, 0.05) is 5.02 Å². The Morgan fingerprint density at radius 1 is 1.27 bits per heavy atom. The molecule has 1 atom stereocenters. The summed E-state index contributed by atoms with van der Waals surface area (Å²) < 4.78 is 11.6. The van der Waals surface area contributed by atoms with Gasteiger partial charge in [-0.1, -0.05) is 30.7 Å². The second-order valence-electron chi connectivity index (χ2n) is 6.69. The van der Waals surface area contributed by atoms with Crippen LogP contribution >= 0.6 is 11.6 Å². The van der Waals surface area contributed by atoms with Gasteiger partial charge in [-0.25, -0.2) is 9.78 Å². The number of carbonyl (C=O) groups is 2. The molecule has 3 aromatic rings. The predicted molar refractivity (Wildman–Crippen MR) is 112 cm³/mol. The third-order valence-electron chi connectivity index (χ3n) is 4.66. The molecule has 1 unspecified atom stereocenters. The Hall–Kier alpha value is -3.13. The molecule has 1 aromatic carbocycles. The molecule has 0 aliphatic rings. The van der Waals surface area contributed by atoms with Crippen LogP contribution in [0.3, 0.4) is 0 Å². The molecule has 0 fully saturated rings. The van der Waals surface area contributed by atoms with Crippen LogP contribution in [0.2, 0.25) is 5.02 Å². The lowest BCUT2D eigenvalue weighted by Gasteiger charge is -2.18. The average molecular weight is 432 g/mol. The standard InChI is InChI=1S/C21H22ClN3O5/c1-4-15(13-6-8-14(22)9-7-13)24-16(26)10-25-11-23-19-18(20(25)27)17(12(3)30-19)21(28)29-5-2/h6-9,11,15H,4-5,10H2,1-3H3,(H,24,26). The highest BCUT2D eigenvalue weighted by Gasteiger charge is 2.24. The van der Waals surface area contributed by atoms with Crippen molar-refractivity contribution in [3.8, 4) is 0 Å². The molecule has 0 aliphatic carbocycles. The number of aromatic nitrogens is 2.